The van der Waals surface area contributed by atoms with Gasteiger partial charge >= 0.3 is 0 Å². The van der Waals surface area contributed by atoms with Crippen molar-refractivity contribution < 1.29 is 0 Å². The number of aryl methyl sites for hydroxylation is 1. The highest BCUT2D eigenvalue weighted by Crippen LogP contribution is 2.32. The van der Waals surface area contributed by atoms with E-state index in [-0.39, 0.29) is 0 Å². The van der Waals surface area contributed by atoms with E-state index < -0.39 is 0 Å². The van der Waals surface area contributed by atoms with Crippen LogP contribution in [0.15, 0.2) is 48.7 Å². The average Bonchev–Trinajstić information content (AvgIpc) is 2.60. The van der Waals surface area contributed by atoms with Gasteiger partial charge in [0.1, 0.15) is 0 Å². The molecule has 0 N–H and O–H groups in total. The van der Waals surface area contributed by atoms with Gasteiger partial charge in [0.2, 0.25) is 0 Å². The second-order valence-corrected chi connectivity index (χ2v) is 6.39. The number of nitrogens with zero attached hydrogens (tertiary/aromatic N) is 3. The van der Waals surface area contributed by atoms with Crippen LogP contribution in [0.5, 0.6) is 0 Å². The van der Waals surface area contributed by atoms with Crippen molar-refractivity contribution >= 4 is 5.69 Å². The number of benzene rings is 1. The minimum atomic E-state index is 0.687. The molecule has 4 rings (SSSR count). The van der Waals surface area contributed by atoms with Crippen LogP contribution in [-0.2, 0) is 12.8 Å². The van der Waals surface area contributed by atoms with Crippen LogP contribution in [0, 0.1) is 0 Å². The summed E-state index contributed by atoms with van der Waals surface area (Å²) in [6.07, 6.45) is 5.47. The van der Waals surface area contributed by atoms with E-state index in [0.29, 0.717) is 6.04 Å². The molecule has 3 heteroatoms. The number of hydrogen-bond donors (Lipinski definition) is 0. The Balaban J connectivity index is 1.39. The van der Waals surface area contributed by atoms with Gasteiger partial charge in [-0.25, -0.2) is 0 Å². The normalized spacial score (nSPS) is 21.3. The number of aromatic nitrogens is 1. The van der Waals surface area contributed by atoms with E-state index in [4.69, 9.17) is 0 Å². The lowest BCUT2D eigenvalue weighted by Crippen LogP contribution is -2.55. The maximum absolute atomic E-state index is 4.44. The summed E-state index contributed by atoms with van der Waals surface area (Å²) in [5.41, 5.74) is 4.21. The first-order valence-electron chi connectivity index (χ1n) is 8.37. The fraction of sp³-hybridized carbons (Fsp3) is 0.421. The fourth-order valence-electron chi connectivity index (χ4n) is 3.83. The number of anilines is 1. The first-order chi connectivity index (χ1) is 10.9. The molecule has 1 aromatic carbocycles. The van der Waals surface area contributed by atoms with Crippen molar-refractivity contribution in [2.24, 2.45) is 0 Å². The Kier molecular flexibility index (Phi) is 3.81. The van der Waals surface area contributed by atoms with Crippen molar-refractivity contribution in [1.82, 2.24) is 9.88 Å². The molecule has 2 aromatic rings. The predicted molar refractivity (Wildman–Crippen MR) is 90.3 cm³/mol. The van der Waals surface area contributed by atoms with Gasteiger partial charge in [0, 0.05) is 56.2 Å². The molecular formula is C19H23N3. The summed E-state index contributed by atoms with van der Waals surface area (Å²) in [4.78, 5) is 9.69. The summed E-state index contributed by atoms with van der Waals surface area (Å²) >= 11 is 0. The van der Waals surface area contributed by atoms with E-state index >= 15 is 0 Å². The van der Waals surface area contributed by atoms with E-state index in [1.807, 2.05) is 12.3 Å². The molecule has 0 radical (unpaired) electrons. The molecule has 0 saturated carbocycles. The second-order valence-electron chi connectivity index (χ2n) is 6.39. The molecule has 1 aromatic heterocycles. The third-order valence-electron chi connectivity index (χ3n) is 5.03. The van der Waals surface area contributed by atoms with Gasteiger partial charge < -0.3 is 4.90 Å². The highest BCUT2D eigenvalue weighted by Gasteiger charge is 2.31. The number of fused-ring (bicyclic) bond motifs is 3. The average molecular weight is 293 g/mol. The summed E-state index contributed by atoms with van der Waals surface area (Å²) in [5, 5.41) is 0. The van der Waals surface area contributed by atoms with Crippen molar-refractivity contribution in [2.45, 2.75) is 25.3 Å². The van der Waals surface area contributed by atoms with E-state index in [0.717, 1.165) is 26.1 Å². The second kappa shape index (κ2) is 6.09. The maximum Gasteiger partial charge on any atom is 0.0420 e. The monoisotopic (exact) mass is 293 g/mol. The molecule has 0 bridgehead atoms. The minimum absolute atomic E-state index is 0.687. The molecule has 3 nitrogen and oxygen atoms in total. The highest BCUT2D eigenvalue weighted by atomic mass is 15.3. The first-order valence-corrected chi connectivity index (χ1v) is 8.37. The topological polar surface area (TPSA) is 19.4 Å². The first kappa shape index (κ1) is 13.8. The zero-order chi connectivity index (χ0) is 14.8. The summed E-state index contributed by atoms with van der Waals surface area (Å²) in [6.45, 7) is 4.64. The van der Waals surface area contributed by atoms with Gasteiger partial charge in [0.05, 0.1) is 0 Å². The van der Waals surface area contributed by atoms with Gasteiger partial charge in [-0.1, -0.05) is 24.3 Å². The summed E-state index contributed by atoms with van der Waals surface area (Å²) in [5.74, 6) is 0. The van der Waals surface area contributed by atoms with Gasteiger partial charge in [-0.15, -0.1) is 0 Å². The number of piperazine rings is 1. The number of para-hydroxylation sites is 1. The molecule has 0 aliphatic carbocycles. The van der Waals surface area contributed by atoms with Gasteiger partial charge in [-0.2, -0.15) is 0 Å². The molecule has 3 heterocycles. The van der Waals surface area contributed by atoms with Crippen molar-refractivity contribution in [3.63, 3.8) is 0 Å². The Labute approximate surface area is 132 Å². The Hall–Kier alpha value is -1.87. The smallest absolute Gasteiger partial charge is 0.0420 e. The lowest BCUT2D eigenvalue weighted by Gasteiger charge is -2.46. The SMILES string of the molecule is c1ccc(CCN2CCN3c4ccccc4CC[C@@H]3C2)nc1. The molecule has 114 valence electrons. The molecule has 1 saturated heterocycles. The molecule has 0 amide bonds. The van der Waals surface area contributed by atoms with Crippen molar-refractivity contribution in [1.29, 1.82) is 0 Å². The van der Waals surface area contributed by atoms with Crippen LogP contribution in [0.1, 0.15) is 17.7 Å². The quantitative estimate of drug-likeness (QED) is 0.867. The Morgan fingerprint density at radius 2 is 1.95 bits per heavy atom. The largest absolute Gasteiger partial charge is 0.366 e. The van der Waals surface area contributed by atoms with Gasteiger partial charge in [-0.3, -0.25) is 9.88 Å². The van der Waals surface area contributed by atoms with Crippen molar-refractivity contribution in [2.75, 3.05) is 31.1 Å². The molecule has 2 aliphatic heterocycles. The van der Waals surface area contributed by atoms with E-state index in [1.165, 1.54) is 36.3 Å². The molecule has 22 heavy (non-hydrogen) atoms. The van der Waals surface area contributed by atoms with E-state index in [9.17, 15) is 0 Å². The number of pyridine rings is 1. The summed E-state index contributed by atoms with van der Waals surface area (Å²) < 4.78 is 0. The van der Waals surface area contributed by atoms with Crippen LogP contribution < -0.4 is 4.90 Å². The van der Waals surface area contributed by atoms with Gasteiger partial charge in [0.25, 0.3) is 0 Å². The lowest BCUT2D eigenvalue weighted by molar-refractivity contribution is 0.216. The van der Waals surface area contributed by atoms with E-state index in [2.05, 4.69) is 51.2 Å². The minimum Gasteiger partial charge on any atom is -0.366 e. The van der Waals surface area contributed by atoms with Crippen LogP contribution in [0.25, 0.3) is 0 Å². The number of hydrogen-bond acceptors (Lipinski definition) is 3. The fourth-order valence-corrected chi connectivity index (χ4v) is 3.83. The lowest BCUT2D eigenvalue weighted by atomic mass is 9.94. The summed E-state index contributed by atoms with van der Waals surface area (Å²) in [7, 11) is 0. The Morgan fingerprint density at radius 1 is 1.05 bits per heavy atom. The molecule has 0 unspecified atom stereocenters. The highest BCUT2D eigenvalue weighted by molar-refractivity contribution is 5.57. The molecule has 2 aliphatic rings. The Bertz CT molecular complexity index is 626. The zero-order valence-corrected chi connectivity index (χ0v) is 13.0. The number of rotatable bonds is 3. The van der Waals surface area contributed by atoms with Crippen LogP contribution >= 0.6 is 0 Å². The third kappa shape index (κ3) is 2.73. The van der Waals surface area contributed by atoms with Crippen LogP contribution in [-0.4, -0.2) is 42.1 Å². The predicted octanol–water partition coefficient (Wildman–Crippen LogP) is 2.76. The van der Waals surface area contributed by atoms with Gasteiger partial charge in [-0.05, 0) is 36.6 Å². The van der Waals surface area contributed by atoms with Crippen LogP contribution in [0.3, 0.4) is 0 Å². The van der Waals surface area contributed by atoms with Gasteiger partial charge in [0.15, 0.2) is 0 Å². The molecule has 1 atom stereocenters. The third-order valence-corrected chi connectivity index (χ3v) is 5.03. The molecular weight excluding hydrogens is 270 g/mol. The van der Waals surface area contributed by atoms with E-state index in [1.54, 1.807) is 0 Å². The van der Waals surface area contributed by atoms with Crippen molar-refractivity contribution in [3.05, 3.63) is 59.9 Å². The maximum atomic E-state index is 4.44. The Morgan fingerprint density at radius 3 is 2.86 bits per heavy atom. The van der Waals surface area contributed by atoms with Crippen LogP contribution in [0.2, 0.25) is 0 Å². The molecule has 0 spiro atoms. The van der Waals surface area contributed by atoms with Crippen LogP contribution in [0.4, 0.5) is 5.69 Å². The zero-order valence-electron chi connectivity index (χ0n) is 13.0. The van der Waals surface area contributed by atoms with Crippen molar-refractivity contribution in [3.8, 4) is 0 Å². The standard InChI is InChI=1S/C19H23N3/c1-2-7-19-16(5-1)8-9-18-15-21(13-14-22(18)19)12-10-17-6-3-4-11-20-17/h1-7,11,18H,8-10,12-15H2/t18-/m1/s1. The summed E-state index contributed by atoms with van der Waals surface area (Å²) in [6, 6.07) is 15.8. The molecule has 1 fully saturated rings.